The summed E-state index contributed by atoms with van der Waals surface area (Å²) in [6.45, 7) is 8.57. The average molecular weight is 211 g/mol. The highest BCUT2D eigenvalue weighted by molar-refractivity contribution is 6.32. The molecule has 0 atom stereocenters. The van der Waals surface area contributed by atoms with Gasteiger partial charge in [-0.1, -0.05) is 44.2 Å². The smallest absolute Gasteiger partial charge is 0.137 e. The van der Waals surface area contributed by atoms with Gasteiger partial charge in [0.2, 0.25) is 0 Å². The van der Waals surface area contributed by atoms with Gasteiger partial charge in [-0.05, 0) is 23.6 Å². The lowest BCUT2D eigenvalue weighted by Gasteiger charge is -2.10. The first-order chi connectivity index (χ1) is 6.63. The fourth-order valence-corrected chi connectivity index (χ4v) is 1.26. The number of hydrogen-bond acceptors (Lipinski definition) is 1. The molecule has 1 aromatic rings. The van der Waals surface area contributed by atoms with Gasteiger partial charge in [-0.25, -0.2) is 0 Å². The largest absolute Gasteiger partial charge is 0.492 e. The Kier molecular flexibility index (Phi) is 4.02. The third-order valence-electron chi connectivity index (χ3n) is 1.76. The molecule has 1 nitrogen and oxygen atoms in total. The van der Waals surface area contributed by atoms with E-state index >= 15 is 0 Å². The van der Waals surface area contributed by atoms with Crippen LogP contribution in [-0.2, 0) is 0 Å². The van der Waals surface area contributed by atoms with Crippen molar-refractivity contribution in [1.29, 1.82) is 0 Å². The van der Waals surface area contributed by atoms with Gasteiger partial charge in [0.1, 0.15) is 5.75 Å². The minimum absolute atomic E-state index is 0.505. The third kappa shape index (κ3) is 3.08. The van der Waals surface area contributed by atoms with Gasteiger partial charge in [-0.3, -0.25) is 0 Å². The van der Waals surface area contributed by atoms with E-state index in [0.717, 1.165) is 11.3 Å². The van der Waals surface area contributed by atoms with Crippen molar-refractivity contribution in [3.05, 3.63) is 35.4 Å². The number of halogens is 1. The molecule has 0 saturated heterocycles. The highest BCUT2D eigenvalue weighted by Crippen LogP contribution is 2.26. The molecule has 0 radical (unpaired) electrons. The fraction of sp³-hybridized carbons (Fsp3) is 0.333. The lowest BCUT2D eigenvalue weighted by molar-refractivity contribution is 0.271. The first-order valence-electron chi connectivity index (χ1n) is 4.68. The average Bonchev–Trinajstić information content (AvgIpc) is 2.15. The minimum Gasteiger partial charge on any atom is -0.492 e. The molecule has 0 aliphatic heterocycles. The molecule has 76 valence electrons. The van der Waals surface area contributed by atoms with Crippen LogP contribution in [0, 0.1) is 5.92 Å². The molecule has 1 aromatic carbocycles. The molecule has 2 heteroatoms. The monoisotopic (exact) mass is 210 g/mol. The SMILES string of the molecule is C=Cc1ccc(OCC(C)C)c(Cl)c1. The highest BCUT2D eigenvalue weighted by Gasteiger charge is 2.02. The van der Waals surface area contributed by atoms with Gasteiger partial charge in [-0.15, -0.1) is 0 Å². The maximum Gasteiger partial charge on any atom is 0.137 e. The molecule has 0 N–H and O–H groups in total. The topological polar surface area (TPSA) is 9.23 Å². The number of hydrogen-bond donors (Lipinski definition) is 0. The third-order valence-corrected chi connectivity index (χ3v) is 2.06. The van der Waals surface area contributed by atoms with E-state index in [0.29, 0.717) is 17.5 Å². The molecule has 0 unspecified atom stereocenters. The Morgan fingerprint density at radius 2 is 2.21 bits per heavy atom. The van der Waals surface area contributed by atoms with Crippen molar-refractivity contribution in [2.75, 3.05) is 6.61 Å². The molecule has 0 saturated carbocycles. The Morgan fingerprint density at radius 3 is 2.71 bits per heavy atom. The van der Waals surface area contributed by atoms with E-state index in [4.69, 9.17) is 16.3 Å². The van der Waals surface area contributed by atoms with Crippen LogP contribution in [-0.4, -0.2) is 6.61 Å². The summed E-state index contributed by atoms with van der Waals surface area (Å²) in [5.74, 6) is 1.25. The van der Waals surface area contributed by atoms with E-state index in [9.17, 15) is 0 Å². The van der Waals surface area contributed by atoms with Gasteiger partial charge in [-0.2, -0.15) is 0 Å². The molecule has 0 amide bonds. The number of rotatable bonds is 4. The van der Waals surface area contributed by atoms with Crippen LogP contribution >= 0.6 is 11.6 Å². The zero-order chi connectivity index (χ0) is 10.6. The van der Waals surface area contributed by atoms with Crippen molar-refractivity contribution in [2.24, 2.45) is 5.92 Å². The molecule has 0 fully saturated rings. The Morgan fingerprint density at radius 1 is 1.50 bits per heavy atom. The van der Waals surface area contributed by atoms with Crippen LogP contribution in [0.15, 0.2) is 24.8 Å². The second-order valence-electron chi connectivity index (χ2n) is 3.60. The van der Waals surface area contributed by atoms with Crippen LogP contribution in [0.4, 0.5) is 0 Å². The predicted octanol–water partition coefficient (Wildman–Crippen LogP) is 4.02. The van der Waals surface area contributed by atoms with Gasteiger partial charge in [0, 0.05) is 0 Å². The molecule has 0 aromatic heterocycles. The van der Waals surface area contributed by atoms with E-state index in [-0.39, 0.29) is 0 Å². The van der Waals surface area contributed by atoms with Crippen LogP contribution in [0.1, 0.15) is 19.4 Å². The van der Waals surface area contributed by atoms with Gasteiger partial charge in [0.05, 0.1) is 11.6 Å². The van der Waals surface area contributed by atoms with Gasteiger partial charge < -0.3 is 4.74 Å². The number of benzene rings is 1. The van der Waals surface area contributed by atoms with Crippen molar-refractivity contribution >= 4 is 17.7 Å². The van der Waals surface area contributed by atoms with Gasteiger partial charge in [0.25, 0.3) is 0 Å². The molecular weight excluding hydrogens is 196 g/mol. The molecule has 0 spiro atoms. The summed E-state index contributed by atoms with van der Waals surface area (Å²) in [5, 5.41) is 0.642. The summed E-state index contributed by atoms with van der Waals surface area (Å²) in [6.07, 6.45) is 1.76. The van der Waals surface area contributed by atoms with E-state index in [1.165, 1.54) is 0 Å². The number of ether oxygens (including phenoxy) is 1. The van der Waals surface area contributed by atoms with Crippen molar-refractivity contribution in [2.45, 2.75) is 13.8 Å². The first kappa shape index (κ1) is 11.1. The van der Waals surface area contributed by atoms with Gasteiger partial charge >= 0.3 is 0 Å². The van der Waals surface area contributed by atoms with E-state index in [1.54, 1.807) is 6.08 Å². The van der Waals surface area contributed by atoms with Crippen LogP contribution in [0.5, 0.6) is 5.75 Å². The van der Waals surface area contributed by atoms with Crippen molar-refractivity contribution in [1.82, 2.24) is 0 Å². The molecule has 14 heavy (non-hydrogen) atoms. The Labute approximate surface area is 90.3 Å². The summed E-state index contributed by atoms with van der Waals surface area (Å²) < 4.78 is 5.53. The summed E-state index contributed by atoms with van der Waals surface area (Å²) in [7, 11) is 0. The van der Waals surface area contributed by atoms with E-state index in [1.807, 2.05) is 18.2 Å². The predicted molar refractivity (Wildman–Crippen MR) is 61.9 cm³/mol. The summed E-state index contributed by atoms with van der Waals surface area (Å²) in [5.41, 5.74) is 1.01. The van der Waals surface area contributed by atoms with Crippen molar-refractivity contribution in [3.63, 3.8) is 0 Å². The van der Waals surface area contributed by atoms with E-state index in [2.05, 4.69) is 20.4 Å². The second kappa shape index (κ2) is 5.06. The highest BCUT2D eigenvalue weighted by atomic mass is 35.5. The molecular formula is C12H15ClO. The Balaban J connectivity index is 2.73. The zero-order valence-corrected chi connectivity index (χ0v) is 9.34. The molecule has 0 aliphatic carbocycles. The fourth-order valence-electron chi connectivity index (χ4n) is 1.02. The summed E-state index contributed by atoms with van der Waals surface area (Å²) >= 11 is 6.02. The van der Waals surface area contributed by atoms with E-state index < -0.39 is 0 Å². The Hall–Kier alpha value is -0.950. The molecule has 0 heterocycles. The van der Waals surface area contributed by atoms with Crippen molar-refractivity contribution in [3.8, 4) is 5.75 Å². The minimum atomic E-state index is 0.505. The van der Waals surface area contributed by atoms with Crippen LogP contribution in [0.3, 0.4) is 0 Å². The van der Waals surface area contributed by atoms with Crippen LogP contribution in [0.2, 0.25) is 5.02 Å². The molecule has 1 rings (SSSR count). The van der Waals surface area contributed by atoms with Crippen molar-refractivity contribution < 1.29 is 4.74 Å². The normalized spacial score (nSPS) is 10.3. The lowest BCUT2D eigenvalue weighted by atomic mass is 10.2. The molecule has 0 bridgehead atoms. The second-order valence-corrected chi connectivity index (χ2v) is 4.01. The van der Waals surface area contributed by atoms with Crippen LogP contribution in [0.25, 0.3) is 6.08 Å². The lowest BCUT2D eigenvalue weighted by Crippen LogP contribution is -2.04. The summed E-state index contributed by atoms with van der Waals surface area (Å²) in [6, 6.07) is 5.67. The zero-order valence-electron chi connectivity index (χ0n) is 8.59. The summed E-state index contributed by atoms with van der Waals surface area (Å²) in [4.78, 5) is 0. The quantitative estimate of drug-likeness (QED) is 0.730. The molecule has 0 aliphatic rings. The maximum absolute atomic E-state index is 6.02. The maximum atomic E-state index is 6.02. The van der Waals surface area contributed by atoms with Gasteiger partial charge in [0.15, 0.2) is 0 Å². The Bertz CT molecular complexity index is 318. The first-order valence-corrected chi connectivity index (χ1v) is 5.06. The standard InChI is InChI=1S/C12H15ClO/c1-4-10-5-6-12(11(13)7-10)14-8-9(2)3/h4-7,9H,1,8H2,2-3H3. The van der Waals surface area contributed by atoms with Crippen LogP contribution < -0.4 is 4.74 Å².